The summed E-state index contributed by atoms with van der Waals surface area (Å²) in [4.78, 5) is 24.7. The number of esters is 1. The van der Waals surface area contributed by atoms with Gasteiger partial charge in [-0.15, -0.1) is 0 Å². The number of aryl methyl sites for hydroxylation is 1. The molecule has 0 heterocycles. The molecule has 1 rings (SSSR count). The maximum Gasteiger partial charge on any atom is 0.305 e. The van der Waals surface area contributed by atoms with Crippen LogP contribution in [-0.2, 0) is 9.53 Å². The highest BCUT2D eigenvalue weighted by atomic mass is 16.5. The number of anilines is 1. The van der Waals surface area contributed by atoms with E-state index in [1.807, 2.05) is 13.0 Å². The van der Waals surface area contributed by atoms with Crippen molar-refractivity contribution in [3.8, 4) is 0 Å². The Bertz CT molecular complexity index is 472. The fourth-order valence-electron chi connectivity index (χ4n) is 1.66. The predicted octanol–water partition coefficient (Wildman–Crippen LogP) is 1.60. The van der Waals surface area contributed by atoms with Gasteiger partial charge in [-0.2, -0.15) is 0 Å². The van der Waals surface area contributed by atoms with Gasteiger partial charge in [0.05, 0.1) is 7.11 Å². The van der Waals surface area contributed by atoms with Crippen LogP contribution in [0.1, 0.15) is 28.8 Å². The highest BCUT2D eigenvalue weighted by Crippen LogP contribution is 2.14. The zero-order valence-corrected chi connectivity index (χ0v) is 11.6. The molecule has 1 aromatic rings. The van der Waals surface area contributed by atoms with E-state index < -0.39 is 0 Å². The third-order valence-corrected chi connectivity index (χ3v) is 2.97. The zero-order valence-electron chi connectivity index (χ0n) is 11.6. The molecule has 0 aliphatic heterocycles. The molecule has 0 atom stereocenters. The first kappa shape index (κ1) is 15.0. The summed E-state index contributed by atoms with van der Waals surface area (Å²) in [5, 5.41) is 0. The highest BCUT2D eigenvalue weighted by Gasteiger charge is 2.12. The maximum atomic E-state index is 12.1. The Morgan fingerprint density at radius 2 is 2.05 bits per heavy atom. The Kier molecular flexibility index (Phi) is 5.36. The Morgan fingerprint density at radius 1 is 1.37 bits per heavy atom. The van der Waals surface area contributed by atoms with Gasteiger partial charge in [0.15, 0.2) is 0 Å². The number of nitrogen functional groups attached to an aromatic ring is 1. The van der Waals surface area contributed by atoms with Crippen molar-refractivity contribution in [2.45, 2.75) is 19.8 Å². The molecular formula is C14H20N2O3. The van der Waals surface area contributed by atoms with Crippen LogP contribution >= 0.6 is 0 Å². The molecule has 0 saturated heterocycles. The summed E-state index contributed by atoms with van der Waals surface area (Å²) in [5.41, 5.74) is 7.90. The Hall–Kier alpha value is -2.04. The number of carbonyl (C=O) groups excluding carboxylic acids is 2. The van der Waals surface area contributed by atoms with Gasteiger partial charge in [0.25, 0.3) is 5.91 Å². The minimum Gasteiger partial charge on any atom is -0.469 e. The number of rotatable bonds is 5. The SMILES string of the molecule is COC(=O)CCCN(C)C(=O)c1ccc(C)c(N)c1. The minimum absolute atomic E-state index is 0.100. The van der Waals surface area contributed by atoms with Gasteiger partial charge in [-0.1, -0.05) is 6.07 Å². The van der Waals surface area contributed by atoms with Crippen LogP contribution < -0.4 is 5.73 Å². The number of carbonyl (C=O) groups is 2. The molecule has 1 amide bonds. The van der Waals surface area contributed by atoms with E-state index >= 15 is 0 Å². The third-order valence-electron chi connectivity index (χ3n) is 2.97. The first-order chi connectivity index (χ1) is 8.95. The fourth-order valence-corrected chi connectivity index (χ4v) is 1.66. The van der Waals surface area contributed by atoms with Gasteiger partial charge < -0.3 is 15.4 Å². The number of hydrogen-bond donors (Lipinski definition) is 1. The summed E-state index contributed by atoms with van der Waals surface area (Å²) < 4.78 is 4.55. The third kappa shape index (κ3) is 4.28. The van der Waals surface area contributed by atoms with Crippen molar-refractivity contribution in [2.24, 2.45) is 0 Å². The van der Waals surface area contributed by atoms with Crippen molar-refractivity contribution in [3.63, 3.8) is 0 Å². The van der Waals surface area contributed by atoms with Crippen molar-refractivity contribution < 1.29 is 14.3 Å². The summed E-state index contributed by atoms with van der Waals surface area (Å²) in [6, 6.07) is 5.25. The van der Waals surface area contributed by atoms with Crippen LogP contribution in [0.3, 0.4) is 0 Å². The van der Waals surface area contributed by atoms with Crippen molar-refractivity contribution >= 4 is 17.6 Å². The number of hydrogen-bond acceptors (Lipinski definition) is 4. The second-order valence-electron chi connectivity index (χ2n) is 4.48. The molecule has 2 N–H and O–H groups in total. The van der Waals surface area contributed by atoms with E-state index in [1.165, 1.54) is 7.11 Å². The molecule has 5 heteroatoms. The zero-order chi connectivity index (χ0) is 14.4. The molecule has 5 nitrogen and oxygen atoms in total. The summed E-state index contributed by atoms with van der Waals surface area (Å²) in [6.45, 7) is 2.39. The molecule has 0 saturated carbocycles. The standard InChI is InChI=1S/C14H20N2O3/c1-10-6-7-11(9-12(10)15)14(18)16(2)8-4-5-13(17)19-3/h6-7,9H,4-5,8,15H2,1-3H3. The van der Waals surface area contributed by atoms with Crippen molar-refractivity contribution in [1.29, 1.82) is 0 Å². The van der Waals surface area contributed by atoms with Gasteiger partial charge in [-0.05, 0) is 31.0 Å². The van der Waals surface area contributed by atoms with E-state index in [-0.39, 0.29) is 11.9 Å². The molecule has 0 bridgehead atoms. The second kappa shape index (κ2) is 6.78. The maximum absolute atomic E-state index is 12.1. The van der Waals surface area contributed by atoms with Crippen LogP contribution in [-0.4, -0.2) is 37.5 Å². The smallest absolute Gasteiger partial charge is 0.305 e. The van der Waals surface area contributed by atoms with E-state index in [0.29, 0.717) is 30.6 Å². The predicted molar refractivity (Wildman–Crippen MR) is 73.8 cm³/mol. The summed E-state index contributed by atoms with van der Waals surface area (Å²) in [5.74, 6) is -0.364. The van der Waals surface area contributed by atoms with Gasteiger partial charge >= 0.3 is 5.97 Å². The van der Waals surface area contributed by atoms with E-state index in [2.05, 4.69) is 4.74 Å². The number of amides is 1. The van der Waals surface area contributed by atoms with Crippen LogP contribution in [0, 0.1) is 6.92 Å². The molecule has 0 aliphatic rings. The largest absolute Gasteiger partial charge is 0.469 e. The number of benzene rings is 1. The first-order valence-electron chi connectivity index (χ1n) is 6.14. The summed E-state index contributed by atoms with van der Waals surface area (Å²) >= 11 is 0. The molecule has 0 unspecified atom stereocenters. The van der Waals surface area contributed by atoms with Crippen LogP contribution in [0.4, 0.5) is 5.69 Å². The van der Waals surface area contributed by atoms with Gasteiger partial charge in [-0.3, -0.25) is 9.59 Å². The Labute approximate surface area is 113 Å². The Morgan fingerprint density at radius 3 is 2.63 bits per heavy atom. The molecular weight excluding hydrogens is 244 g/mol. The highest BCUT2D eigenvalue weighted by molar-refractivity contribution is 5.95. The average Bonchev–Trinajstić information content (AvgIpc) is 2.40. The molecule has 0 aliphatic carbocycles. The fraction of sp³-hybridized carbons (Fsp3) is 0.429. The monoisotopic (exact) mass is 264 g/mol. The average molecular weight is 264 g/mol. The molecule has 104 valence electrons. The van der Waals surface area contributed by atoms with Crippen LogP contribution in [0.5, 0.6) is 0 Å². The van der Waals surface area contributed by atoms with Crippen LogP contribution in [0.25, 0.3) is 0 Å². The number of nitrogens with zero attached hydrogens (tertiary/aromatic N) is 1. The lowest BCUT2D eigenvalue weighted by Gasteiger charge is -2.17. The van der Waals surface area contributed by atoms with Crippen molar-refractivity contribution in [1.82, 2.24) is 4.90 Å². The van der Waals surface area contributed by atoms with E-state index in [4.69, 9.17) is 5.73 Å². The van der Waals surface area contributed by atoms with E-state index in [1.54, 1.807) is 24.1 Å². The lowest BCUT2D eigenvalue weighted by Crippen LogP contribution is -2.28. The molecule has 19 heavy (non-hydrogen) atoms. The van der Waals surface area contributed by atoms with Crippen molar-refractivity contribution in [2.75, 3.05) is 26.4 Å². The molecule has 1 aromatic carbocycles. The molecule has 0 fully saturated rings. The molecule has 0 aromatic heterocycles. The van der Waals surface area contributed by atoms with Gasteiger partial charge in [0, 0.05) is 31.3 Å². The topological polar surface area (TPSA) is 72.6 Å². The summed E-state index contributed by atoms with van der Waals surface area (Å²) in [7, 11) is 3.06. The Balaban J connectivity index is 2.56. The van der Waals surface area contributed by atoms with Gasteiger partial charge in [0.2, 0.25) is 0 Å². The lowest BCUT2D eigenvalue weighted by atomic mass is 10.1. The number of methoxy groups -OCH3 is 1. The number of nitrogens with two attached hydrogens (primary N) is 1. The second-order valence-corrected chi connectivity index (χ2v) is 4.48. The van der Waals surface area contributed by atoms with Crippen LogP contribution in [0.15, 0.2) is 18.2 Å². The minimum atomic E-state index is -0.263. The van der Waals surface area contributed by atoms with Gasteiger partial charge in [-0.25, -0.2) is 0 Å². The normalized spacial score (nSPS) is 10.1. The quantitative estimate of drug-likeness (QED) is 0.647. The van der Waals surface area contributed by atoms with E-state index in [0.717, 1.165) is 5.56 Å². The number of ether oxygens (including phenoxy) is 1. The van der Waals surface area contributed by atoms with Crippen LogP contribution in [0.2, 0.25) is 0 Å². The molecule has 0 spiro atoms. The first-order valence-corrected chi connectivity index (χ1v) is 6.14. The van der Waals surface area contributed by atoms with E-state index in [9.17, 15) is 9.59 Å². The van der Waals surface area contributed by atoms with Gasteiger partial charge in [0.1, 0.15) is 0 Å². The van der Waals surface area contributed by atoms with Crippen molar-refractivity contribution in [3.05, 3.63) is 29.3 Å². The summed E-state index contributed by atoms with van der Waals surface area (Å²) in [6.07, 6.45) is 0.889. The lowest BCUT2D eigenvalue weighted by molar-refractivity contribution is -0.140. The molecule has 0 radical (unpaired) electrons.